The lowest BCUT2D eigenvalue weighted by Gasteiger charge is -2.32. The van der Waals surface area contributed by atoms with Gasteiger partial charge >= 0.3 is 12.1 Å². The van der Waals surface area contributed by atoms with E-state index >= 15 is 0 Å². The van der Waals surface area contributed by atoms with Crippen LogP contribution in [0.1, 0.15) is 61.1 Å². The van der Waals surface area contributed by atoms with Gasteiger partial charge in [-0.15, -0.1) is 11.3 Å². The molecule has 200 valence electrons. The zero-order valence-corrected chi connectivity index (χ0v) is 22.6. The van der Waals surface area contributed by atoms with Gasteiger partial charge in [-0.25, -0.2) is 14.6 Å². The van der Waals surface area contributed by atoms with Crippen molar-refractivity contribution in [1.29, 1.82) is 0 Å². The first-order valence-electron chi connectivity index (χ1n) is 11.2. The first-order valence-corrected chi connectivity index (χ1v) is 12.1. The highest BCUT2D eigenvalue weighted by atomic mass is 32.1. The number of aliphatic imine (C=N–C) groups is 1. The van der Waals surface area contributed by atoms with Gasteiger partial charge in [-0.1, -0.05) is 5.16 Å². The lowest BCUT2D eigenvalue weighted by atomic mass is 10.0. The summed E-state index contributed by atoms with van der Waals surface area (Å²) in [6, 6.07) is -0.973. The Kier molecular flexibility index (Phi) is 8.68. The number of amidine groups is 1. The minimum atomic E-state index is -1.52. The second-order valence-electron chi connectivity index (χ2n) is 10.5. The Morgan fingerprint density at radius 1 is 1.08 bits per heavy atom. The molecule has 14 heteroatoms. The predicted molar refractivity (Wildman–Crippen MR) is 136 cm³/mol. The van der Waals surface area contributed by atoms with Gasteiger partial charge in [0.05, 0.1) is 6.04 Å². The van der Waals surface area contributed by atoms with Gasteiger partial charge < -0.3 is 31.1 Å². The van der Waals surface area contributed by atoms with Gasteiger partial charge in [-0.3, -0.25) is 15.1 Å². The molecule has 0 bridgehead atoms. The standard InChI is InChI=1S/C22H35N7O6S/c1-20(2,3)33-17(31)22(7,8)35-29-14(16(30)27-13-11(9-23)25-15(13)24)12-10-36-18(26-12)28-19(32)34-21(4,5)6/h10-11,13H,9,23H2,1-8H3,(H2,24,25)(H,27,30)(H,26,28,32). The molecule has 13 nitrogen and oxygen atoms in total. The highest BCUT2D eigenvalue weighted by Gasteiger charge is 2.37. The topological polar surface area (TPSA) is 193 Å². The third-order valence-electron chi connectivity index (χ3n) is 4.37. The molecule has 0 aromatic carbocycles. The van der Waals surface area contributed by atoms with E-state index in [0.29, 0.717) is 0 Å². The molecular weight excluding hydrogens is 490 g/mol. The molecular formula is C22H35N7O6S. The van der Waals surface area contributed by atoms with E-state index < -0.39 is 40.8 Å². The molecule has 0 spiro atoms. The van der Waals surface area contributed by atoms with E-state index in [1.165, 1.54) is 19.2 Å². The fourth-order valence-corrected chi connectivity index (χ4v) is 3.34. The summed E-state index contributed by atoms with van der Waals surface area (Å²) in [6.45, 7) is 13.4. The van der Waals surface area contributed by atoms with Crippen molar-refractivity contribution in [2.45, 2.75) is 84.3 Å². The molecule has 0 radical (unpaired) electrons. The molecule has 2 rings (SSSR count). The Morgan fingerprint density at radius 3 is 2.22 bits per heavy atom. The van der Waals surface area contributed by atoms with Crippen molar-refractivity contribution in [3.05, 3.63) is 11.1 Å². The lowest BCUT2D eigenvalue weighted by molar-refractivity contribution is -0.179. The van der Waals surface area contributed by atoms with Gasteiger partial charge in [0, 0.05) is 11.9 Å². The average molecular weight is 526 g/mol. The first-order chi connectivity index (χ1) is 16.4. The summed E-state index contributed by atoms with van der Waals surface area (Å²) in [5, 5.41) is 10.8. The summed E-state index contributed by atoms with van der Waals surface area (Å²) in [6.07, 6.45) is -0.710. The largest absolute Gasteiger partial charge is 0.457 e. The molecule has 0 aliphatic carbocycles. The van der Waals surface area contributed by atoms with Crippen molar-refractivity contribution in [3.8, 4) is 0 Å². The number of carbonyl (C=O) groups excluding carboxylic acids is 3. The second-order valence-corrected chi connectivity index (χ2v) is 11.4. The van der Waals surface area contributed by atoms with Crippen LogP contribution in [0.2, 0.25) is 0 Å². The molecule has 2 heterocycles. The highest BCUT2D eigenvalue weighted by molar-refractivity contribution is 7.14. The molecule has 0 saturated heterocycles. The Balaban J connectivity index is 2.30. The van der Waals surface area contributed by atoms with Crippen LogP contribution in [0.25, 0.3) is 0 Å². The van der Waals surface area contributed by atoms with E-state index in [-0.39, 0.29) is 35.0 Å². The second kappa shape index (κ2) is 10.8. The molecule has 6 N–H and O–H groups in total. The maximum Gasteiger partial charge on any atom is 0.413 e. The van der Waals surface area contributed by atoms with Crippen molar-refractivity contribution in [2.24, 2.45) is 21.6 Å². The molecule has 1 aromatic rings. The molecule has 0 saturated carbocycles. The van der Waals surface area contributed by atoms with Gasteiger partial charge in [0.15, 0.2) is 10.8 Å². The fourth-order valence-electron chi connectivity index (χ4n) is 2.66. The van der Waals surface area contributed by atoms with Crippen LogP contribution in [0.5, 0.6) is 0 Å². The van der Waals surface area contributed by atoms with Crippen LogP contribution < -0.4 is 22.1 Å². The van der Waals surface area contributed by atoms with E-state index in [9.17, 15) is 14.4 Å². The summed E-state index contributed by atoms with van der Waals surface area (Å²) in [5.74, 6) is -1.15. The van der Waals surface area contributed by atoms with Crippen LogP contribution in [0.3, 0.4) is 0 Å². The Hall–Kier alpha value is -3.26. The first kappa shape index (κ1) is 29.0. The van der Waals surface area contributed by atoms with Crippen molar-refractivity contribution >= 4 is 46.0 Å². The number of aromatic nitrogens is 1. The number of anilines is 1. The van der Waals surface area contributed by atoms with Crippen LogP contribution in [-0.2, 0) is 23.9 Å². The zero-order chi connectivity index (χ0) is 27.5. The van der Waals surface area contributed by atoms with E-state index in [4.69, 9.17) is 25.8 Å². The lowest BCUT2D eigenvalue weighted by Crippen LogP contribution is -2.61. The van der Waals surface area contributed by atoms with Crippen molar-refractivity contribution in [1.82, 2.24) is 10.3 Å². The Labute approximate surface area is 214 Å². The highest BCUT2D eigenvalue weighted by Crippen LogP contribution is 2.21. The van der Waals surface area contributed by atoms with Crippen LogP contribution >= 0.6 is 11.3 Å². The number of amides is 2. The molecule has 1 aliphatic heterocycles. The number of oxime groups is 1. The molecule has 2 atom stereocenters. The van der Waals surface area contributed by atoms with Crippen LogP contribution in [0.15, 0.2) is 15.5 Å². The third kappa shape index (κ3) is 8.16. The molecule has 2 unspecified atom stereocenters. The molecule has 2 amide bonds. The quantitative estimate of drug-likeness (QED) is 0.221. The van der Waals surface area contributed by atoms with Crippen molar-refractivity contribution < 1.29 is 28.7 Å². The Bertz CT molecular complexity index is 1050. The summed E-state index contributed by atoms with van der Waals surface area (Å²) in [5.41, 5.74) is 8.31. The average Bonchev–Trinajstić information content (AvgIpc) is 3.15. The van der Waals surface area contributed by atoms with Crippen LogP contribution in [0.4, 0.5) is 9.93 Å². The number of rotatable bonds is 8. The minimum Gasteiger partial charge on any atom is -0.457 e. The van der Waals surface area contributed by atoms with Crippen LogP contribution in [0, 0.1) is 0 Å². The fraction of sp³-hybridized carbons (Fsp3) is 0.636. The SMILES string of the molecule is CC(C)(C)OC(=O)Nc1nc(C(=NOC(C)(C)C(=O)OC(C)(C)C)C(=O)NC2C(N)=NC2CN)cs1. The van der Waals surface area contributed by atoms with E-state index in [0.717, 1.165) is 11.3 Å². The zero-order valence-electron chi connectivity index (χ0n) is 21.8. The van der Waals surface area contributed by atoms with E-state index in [1.807, 2.05) is 0 Å². The van der Waals surface area contributed by atoms with E-state index in [1.54, 1.807) is 41.5 Å². The summed E-state index contributed by atoms with van der Waals surface area (Å²) in [7, 11) is 0. The van der Waals surface area contributed by atoms with Gasteiger partial charge in [-0.05, 0) is 55.4 Å². The van der Waals surface area contributed by atoms with Gasteiger partial charge in [-0.2, -0.15) is 0 Å². The number of nitrogens with one attached hydrogen (secondary N) is 2. The monoisotopic (exact) mass is 525 g/mol. The van der Waals surface area contributed by atoms with Crippen LogP contribution in [-0.4, -0.2) is 69.9 Å². The maximum absolute atomic E-state index is 13.2. The number of ether oxygens (including phenoxy) is 2. The number of carbonyl (C=O) groups is 3. The Morgan fingerprint density at radius 2 is 1.69 bits per heavy atom. The van der Waals surface area contributed by atoms with Crippen molar-refractivity contribution in [2.75, 3.05) is 11.9 Å². The smallest absolute Gasteiger partial charge is 0.413 e. The molecule has 1 aromatic heterocycles. The van der Waals surface area contributed by atoms with Gasteiger partial charge in [0.2, 0.25) is 5.60 Å². The van der Waals surface area contributed by atoms with Gasteiger partial charge in [0.1, 0.15) is 28.8 Å². The number of hydrogen-bond donors (Lipinski definition) is 4. The summed E-state index contributed by atoms with van der Waals surface area (Å²) in [4.78, 5) is 51.6. The summed E-state index contributed by atoms with van der Waals surface area (Å²) >= 11 is 1.04. The maximum atomic E-state index is 13.2. The van der Waals surface area contributed by atoms with Crippen molar-refractivity contribution in [3.63, 3.8) is 0 Å². The number of hydrogen-bond acceptors (Lipinski definition) is 12. The predicted octanol–water partition coefficient (Wildman–Crippen LogP) is 1.51. The number of esters is 1. The number of thiazole rings is 1. The summed E-state index contributed by atoms with van der Waals surface area (Å²) < 4.78 is 10.6. The number of nitrogens with two attached hydrogens (primary N) is 2. The van der Waals surface area contributed by atoms with E-state index in [2.05, 4.69) is 25.8 Å². The van der Waals surface area contributed by atoms with Gasteiger partial charge in [0.25, 0.3) is 5.91 Å². The number of nitrogens with zero attached hydrogens (tertiary/aromatic N) is 3. The normalized spacial score (nSPS) is 18.5. The minimum absolute atomic E-state index is 0.0858. The molecule has 1 aliphatic rings. The third-order valence-corrected chi connectivity index (χ3v) is 5.13. The molecule has 0 fully saturated rings. The molecule has 36 heavy (non-hydrogen) atoms.